The summed E-state index contributed by atoms with van der Waals surface area (Å²) in [4.78, 5) is 23.0. The zero-order valence-electron chi connectivity index (χ0n) is 11.8. The van der Waals surface area contributed by atoms with Gasteiger partial charge in [0.2, 0.25) is 5.91 Å². The predicted molar refractivity (Wildman–Crippen MR) is 76.8 cm³/mol. The lowest BCUT2D eigenvalue weighted by Crippen LogP contribution is -2.31. The number of rotatable bonds is 7. The first-order valence-corrected chi connectivity index (χ1v) is 6.82. The minimum Gasteiger partial charge on any atom is -0.481 e. The van der Waals surface area contributed by atoms with E-state index in [9.17, 15) is 19.1 Å². The number of furan rings is 1. The second-order valence-corrected chi connectivity index (χ2v) is 4.88. The summed E-state index contributed by atoms with van der Waals surface area (Å²) in [6.07, 6.45) is 3.86. The Balaban J connectivity index is 1.87. The summed E-state index contributed by atoms with van der Waals surface area (Å²) >= 11 is 0. The number of carboxylic acid groups (broad SMARTS) is 1. The van der Waals surface area contributed by atoms with E-state index in [1.165, 1.54) is 30.5 Å². The quantitative estimate of drug-likeness (QED) is 0.823. The number of nitrogens with one attached hydrogen (secondary N) is 1. The van der Waals surface area contributed by atoms with E-state index in [2.05, 4.69) is 5.32 Å². The molecule has 22 heavy (non-hydrogen) atoms. The van der Waals surface area contributed by atoms with E-state index < -0.39 is 17.7 Å². The molecule has 0 radical (unpaired) electrons. The minimum absolute atomic E-state index is 0.0365. The molecular formula is C16H16FNO4. The lowest BCUT2D eigenvalue weighted by molar-refractivity contribution is -0.138. The Morgan fingerprint density at radius 2 is 1.95 bits per heavy atom. The van der Waals surface area contributed by atoms with Crippen molar-refractivity contribution in [2.45, 2.75) is 18.8 Å². The Hall–Kier alpha value is -2.63. The molecular weight excluding hydrogens is 289 g/mol. The molecule has 1 unspecified atom stereocenters. The average Bonchev–Trinajstić information content (AvgIpc) is 3.00. The highest BCUT2D eigenvalue weighted by Crippen LogP contribution is 2.16. The summed E-state index contributed by atoms with van der Waals surface area (Å²) in [5.74, 6) is -2.65. The highest BCUT2D eigenvalue weighted by atomic mass is 19.1. The van der Waals surface area contributed by atoms with Gasteiger partial charge in [0.05, 0.1) is 18.4 Å². The minimum atomic E-state index is -1.07. The molecule has 0 aliphatic carbocycles. The van der Waals surface area contributed by atoms with Crippen molar-refractivity contribution in [1.29, 1.82) is 0 Å². The van der Waals surface area contributed by atoms with E-state index in [0.717, 1.165) is 5.56 Å². The van der Waals surface area contributed by atoms with Crippen LogP contribution in [0.2, 0.25) is 0 Å². The highest BCUT2D eigenvalue weighted by molar-refractivity contribution is 5.79. The van der Waals surface area contributed by atoms with Crippen LogP contribution in [0.25, 0.3) is 0 Å². The third-order valence-electron chi connectivity index (χ3n) is 3.29. The van der Waals surface area contributed by atoms with Gasteiger partial charge in [-0.2, -0.15) is 0 Å². The monoisotopic (exact) mass is 305 g/mol. The highest BCUT2D eigenvalue weighted by Gasteiger charge is 2.20. The van der Waals surface area contributed by atoms with E-state index >= 15 is 0 Å². The first-order valence-electron chi connectivity index (χ1n) is 6.82. The molecule has 2 N–H and O–H groups in total. The number of carbonyl (C=O) groups excluding carboxylic acids is 1. The van der Waals surface area contributed by atoms with Gasteiger partial charge in [-0.25, -0.2) is 4.39 Å². The fourth-order valence-corrected chi connectivity index (χ4v) is 2.04. The largest absolute Gasteiger partial charge is 0.481 e. The fraction of sp³-hybridized carbons (Fsp3) is 0.250. The Labute approximate surface area is 126 Å². The van der Waals surface area contributed by atoms with Crippen molar-refractivity contribution in [2.24, 2.45) is 0 Å². The number of halogens is 1. The standard InChI is InChI=1S/C16H16FNO4/c17-13-4-2-12(3-5-13)14(16(20)21)9-18-15(19)6-1-11-7-8-22-10-11/h2-5,7-8,10,14H,1,6,9H2,(H,18,19)(H,20,21). The molecule has 0 aliphatic rings. The first-order chi connectivity index (χ1) is 10.6. The van der Waals surface area contributed by atoms with E-state index in [1.54, 1.807) is 12.3 Å². The molecule has 116 valence electrons. The molecule has 0 bridgehead atoms. The van der Waals surface area contributed by atoms with Crippen molar-refractivity contribution in [2.75, 3.05) is 6.54 Å². The second kappa shape index (κ2) is 7.40. The number of aryl methyl sites for hydroxylation is 1. The second-order valence-electron chi connectivity index (χ2n) is 4.88. The molecule has 0 saturated heterocycles. The zero-order valence-corrected chi connectivity index (χ0v) is 11.8. The molecule has 0 fully saturated rings. The summed E-state index contributed by atoms with van der Waals surface area (Å²) in [6, 6.07) is 6.99. The van der Waals surface area contributed by atoms with E-state index in [1.807, 2.05) is 0 Å². The van der Waals surface area contributed by atoms with E-state index in [-0.39, 0.29) is 18.9 Å². The summed E-state index contributed by atoms with van der Waals surface area (Å²) < 4.78 is 17.8. The predicted octanol–water partition coefficient (Wildman–Crippen LogP) is 2.34. The molecule has 1 amide bonds. The van der Waals surface area contributed by atoms with Crippen LogP contribution >= 0.6 is 0 Å². The Bertz CT molecular complexity index is 622. The van der Waals surface area contributed by atoms with E-state index in [4.69, 9.17) is 4.42 Å². The topological polar surface area (TPSA) is 79.5 Å². The van der Waals surface area contributed by atoms with E-state index in [0.29, 0.717) is 12.0 Å². The van der Waals surface area contributed by atoms with Gasteiger partial charge in [-0.05, 0) is 35.7 Å². The number of amides is 1. The smallest absolute Gasteiger partial charge is 0.312 e. The van der Waals surface area contributed by atoms with Gasteiger partial charge in [-0.3, -0.25) is 9.59 Å². The number of benzene rings is 1. The number of hydrogen-bond acceptors (Lipinski definition) is 3. The van der Waals surface area contributed by atoms with Crippen LogP contribution in [0.5, 0.6) is 0 Å². The molecule has 0 saturated carbocycles. The molecule has 1 heterocycles. The van der Waals surface area contributed by atoms with Crippen LogP contribution in [-0.2, 0) is 16.0 Å². The average molecular weight is 305 g/mol. The number of hydrogen-bond donors (Lipinski definition) is 2. The maximum atomic E-state index is 12.9. The van der Waals surface area contributed by atoms with Crippen LogP contribution in [0.4, 0.5) is 4.39 Å². The lowest BCUT2D eigenvalue weighted by atomic mass is 9.99. The van der Waals surface area contributed by atoms with Crippen LogP contribution in [0.1, 0.15) is 23.5 Å². The lowest BCUT2D eigenvalue weighted by Gasteiger charge is -2.13. The van der Waals surface area contributed by atoms with Gasteiger partial charge in [0, 0.05) is 13.0 Å². The Morgan fingerprint density at radius 1 is 1.23 bits per heavy atom. The van der Waals surface area contributed by atoms with Gasteiger partial charge in [-0.1, -0.05) is 12.1 Å². The summed E-state index contributed by atoms with van der Waals surface area (Å²) in [5.41, 5.74) is 1.35. The van der Waals surface area contributed by atoms with Crippen LogP contribution < -0.4 is 5.32 Å². The summed E-state index contributed by atoms with van der Waals surface area (Å²) in [6.45, 7) is -0.0365. The normalized spacial score (nSPS) is 11.9. The Morgan fingerprint density at radius 3 is 2.55 bits per heavy atom. The zero-order chi connectivity index (χ0) is 15.9. The number of carbonyl (C=O) groups is 2. The molecule has 5 nitrogen and oxygen atoms in total. The molecule has 1 atom stereocenters. The molecule has 6 heteroatoms. The van der Waals surface area contributed by atoms with Gasteiger partial charge in [0.15, 0.2) is 0 Å². The van der Waals surface area contributed by atoms with Crippen LogP contribution in [0, 0.1) is 5.82 Å². The van der Waals surface area contributed by atoms with Crippen molar-refractivity contribution < 1.29 is 23.5 Å². The molecule has 0 spiro atoms. The number of carboxylic acids is 1. The SMILES string of the molecule is O=C(CCc1ccoc1)NCC(C(=O)O)c1ccc(F)cc1. The fourth-order valence-electron chi connectivity index (χ4n) is 2.04. The van der Waals surface area contributed by atoms with Crippen molar-refractivity contribution in [3.63, 3.8) is 0 Å². The van der Waals surface area contributed by atoms with Crippen LogP contribution in [-0.4, -0.2) is 23.5 Å². The summed E-state index contributed by atoms with van der Waals surface area (Å²) in [5, 5.41) is 11.8. The van der Waals surface area contributed by atoms with Crippen molar-refractivity contribution in [3.8, 4) is 0 Å². The van der Waals surface area contributed by atoms with Crippen molar-refractivity contribution in [1.82, 2.24) is 5.32 Å². The van der Waals surface area contributed by atoms with Crippen LogP contribution in [0.15, 0.2) is 47.3 Å². The van der Waals surface area contributed by atoms with Gasteiger partial charge in [0.25, 0.3) is 0 Å². The van der Waals surface area contributed by atoms with Crippen molar-refractivity contribution in [3.05, 3.63) is 59.8 Å². The first kappa shape index (κ1) is 15.8. The maximum absolute atomic E-state index is 12.9. The molecule has 2 rings (SSSR count). The van der Waals surface area contributed by atoms with Gasteiger partial charge in [0.1, 0.15) is 5.82 Å². The third-order valence-corrected chi connectivity index (χ3v) is 3.29. The number of aliphatic carboxylic acids is 1. The Kier molecular flexibility index (Phi) is 5.30. The molecule has 1 aromatic carbocycles. The van der Waals surface area contributed by atoms with Gasteiger partial charge < -0.3 is 14.8 Å². The van der Waals surface area contributed by atoms with Gasteiger partial charge >= 0.3 is 5.97 Å². The third kappa shape index (κ3) is 4.44. The summed E-state index contributed by atoms with van der Waals surface area (Å²) in [7, 11) is 0. The maximum Gasteiger partial charge on any atom is 0.312 e. The van der Waals surface area contributed by atoms with Gasteiger partial charge in [-0.15, -0.1) is 0 Å². The molecule has 1 aromatic heterocycles. The van der Waals surface area contributed by atoms with Crippen molar-refractivity contribution >= 4 is 11.9 Å². The molecule has 2 aromatic rings. The molecule has 0 aliphatic heterocycles. The van der Waals surface area contributed by atoms with Crippen LogP contribution in [0.3, 0.4) is 0 Å².